The molecule has 0 aliphatic heterocycles. The molecule has 35 heavy (non-hydrogen) atoms. The van der Waals surface area contributed by atoms with E-state index in [1.165, 1.54) is 22.9 Å². The number of hydrazone groups is 1. The molecule has 0 bridgehead atoms. The standard InChI is InChI=1S/C28H29N5OS/c1-20-10-16-24(17-11-20)33-26(22-12-14-23(15-13-22)28(2,3)4)31-32-27(33)35-19-25(34)30-29-18-21-8-6-5-7-9-21/h5-18H,19H2,1-4H3,(H,30,34)/b29-18+. The fourth-order valence-corrected chi connectivity index (χ4v) is 4.22. The normalized spacial score (nSPS) is 11.7. The van der Waals surface area contributed by atoms with E-state index in [4.69, 9.17) is 0 Å². The average molecular weight is 484 g/mol. The molecular weight excluding hydrogens is 454 g/mol. The maximum absolute atomic E-state index is 12.4. The van der Waals surface area contributed by atoms with Crippen LogP contribution in [0.1, 0.15) is 37.5 Å². The Hall–Kier alpha value is -3.71. The molecule has 0 radical (unpaired) electrons. The topological polar surface area (TPSA) is 72.2 Å². The molecule has 0 unspecified atom stereocenters. The smallest absolute Gasteiger partial charge is 0.250 e. The van der Waals surface area contributed by atoms with E-state index in [2.05, 4.69) is 84.8 Å². The van der Waals surface area contributed by atoms with Crippen molar-refractivity contribution in [3.8, 4) is 17.1 Å². The predicted octanol–water partition coefficient (Wildman–Crippen LogP) is 5.78. The largest absolute Gasteiger partial charge is 0.272 e. The summed E-state index contributed by atoms with van der Waals surface area (Å²) in [5.41, 5.74) is 7.90. The van der Waals surface area contributed by atoms with Crippen LogP contribution in [0.5, 0.6) is 0 Å². The monoisotopic (exact) mass is 483 g/mol. The minimum atomic E-state index is -0.211. The van der Waals surface area contributed by atoms with E-state index in [9.17, 15) is 4.79 Å². The highest BCUT2D eigenvalue weighted by atomic mass is 32.2. The molecular formula is C28H29N5OS. The quantitative estimate of drug-likeness (QED) is 0.205. The number of hydrogen-bond acceptors (Lipinski definition) is 5. The first-order valence-corrected chi connectivity index (χ1v) is 12.4. The van der Waals surface area contributed by atoms with Gasteiger partial charge in [0.1, 0.15) is 0 Å². The first-order valence-electron chi connectivity index (χ1n) is 11.4. The van der Waals surface area contributed by atoms with Crippen molar-refractivity contribution < 1.29 is 4.79 Å². The van der Waals surface area contributed by atoms with Crippen LogP contribution in [-0.2, 0) is 10.2 Å². The highest BCUT2D eigenvalue weighted by Gasteiger charge is 2.19. The molecule has 0 saturated heterocycles. The molecule has 178 valence electrons. The predicted molar refractivity (Wildman–Crippen MR) is 143 cm³/mol. The summed E-state index contributed by atoms with van der Waals surface area (Å²) in [4.78, 5) is 12.4. The summed E-state index contributed by atoms with van der Waals surface area (Å²) in [6.07, 6.45) is 1.62. The number of hydrogen-bond donors (Lipinski definition) is 1. The van der Waals surface area contributed by atoms with Crippen LogP contribution in [0.3, 0.4) is 0 Å². The van der Waals surface area contributed by atoms with E-state index < -0.39 is 0 Å². The zero-order valence-electron chi connectivity index (χ0n) is 20.4. The third-order valence-corrected chi connectivity index (χ3v) is 6.40. The number of thioether (sulfide) groups is 1. The SMILES string of the molecule is Cc1ccc(-n2c(SCC(=O)N/N=C/c3ccccc3)nnc2-c2ccc(C(C)(C)C)cc2)cc1. The van der Waals surface area contributed by atoms with Gasteiger partial charge in [0.15, 0.2) is 11.0 Å². The maximum Gasteiger partial charge on any atom is 0.250 e. The molecule has 4 rings (SSSR count). The molecule has 0 saturated carbocycles. The van der Waals surface area contributed by atoms with Crippen LogP contribution < -0.4 is 5.43 Å². The number of rotatable bonds is 7. The second-order valence-electron chi connectivity index (χ2n) is 9.30. The van der Waals surface area contributed by atoms with Gasteiger partial charge >= 0.3 is 0 Å². The van der Waals surface area contributed by atoms with E-state index in [0.717, 1.165) is 22.6 Å². The molecule has 7 heteroatoms. The summed E-state index contributed by atoms with van der Waals surface area (Å²) < 4.78 is 2.00. The summed E-state index contributed by atoms with van der Waals surface area (Å²) in [6.45, 7) is 8.64. The molecule has 0 spiro atoms. The van der Waals surface area contributed by atoms with Crippen molar-refractivity contribution in [3.63, 3.8) is 0 Å². The molecule has 1 N–H and O–H groups in total. The first kappa shape index (κ1) is 24.4. The minimum absolute atomic E-state index is 0.0700. The summed E-state index contributed by atoms with van der Waals surface area (Å²) >= 11 is 1.33. The average Bonchev–Trinajstić information content (AvgIpc) is 3.27. The van der Waals surface area contributed by atoms with Crippen LogP contribution in [-0.4, -0.2) is 32.6 Å². The number of amides is 1. The van der Waals surface area contributed by atoms with Crippen LogP contribution >= 0.6 is 11.8 Å². The van der Waals surface area contributed by atoms with Gasteiger partial charge in [0.2, 0.25) is 0 Å². The molecule has 0 fully saturated rings. The number of aryl methyl sites for hydroxylation is 1. The Kier molecular flexibility index (Phi) is 7.46. The Morgan fingerprint density at radius 3 is 2.31 bits per heavy atom. The van der Waals surface area contributed by atoms with E-state index in [1.807, 2.05) is 47.0 Å². The fraction of sp³-hybridized carbons (Fsp3) is 0.214. The number of benzene rings is 3. The summed E-state index contributed by atoms with van der Waals surface area (Å²) in [5, 5.41) is 13.6. The van der Waals surface area contributed by atoms with Crippen molar-refractivity contribution in [2.45, 2.75) is 38.3 Å². The van der Waals surface area contributed by atoms with Crippen LogP contribution in [0.15, 0.2) is 89.1 Å². The Morgan fingerprint density at radius 2 is 1.66 bits per heavy atom. The zero-order chi connectivity index (χ0) is 24.8. The maximum atomic E-state index is 12.4. The molecule has 1 amide bonds. The van der Waals surface area contributed by atoms with Crippen molar-refractivity contribution in [2.24, 2.45) is 5.10 Å². The van der Waals surface area contributed by atoms with Gasteiger partial charge in [-0.25, -0.2) is 5.43 Å². The van der Waals surface area contributed by atoms with Gasteiger partial charge in [0.25, 0.3) is 5.91 Å². The summed E-state index contributed by atoms with van der Waals surface area (Å²) in [5.74, 6) is 0.690. The van der Waals surface area contributed by atoms with Gasteiger partial charge < -0.3 is 0 Å². The van der Waals surface area contributed by atoms with E-state index >= 15 is 0 Å². The van der Waals surface area contributed by atoms with Gasteiger partial charge in [-0.15, -0.1) is 10.2 Å². The van der Waals surface area contributed by atoms with Crippen molar-refractivity contribution in [1.82, 2.24) is 20.2 Å². The van der Waals surface area contributed by atoms with Crippen molar-refractivity contribution in [1.29, 1.82) is 0 Å². The number of carbonyl (C=O) groups excluding carboxylic acids is 1. The van der Waals surface area contributed by atoms with E-state index in [1.54, 1.807) is 6.21 Å². The molecule has 1 heterocycles. The molecule has 3 aromatic carbocycles. The highest BCUT2D eigenvalue weighted by molar-refractivity contribution is 7.99. The van der Waals surface area contributed by atoms with Crippen LogP contribution in [0.25, 0.3) is 17.1 Å². The number of carbonyl (C=O) groups is 1. The summed E-state index contributed by atoms with van der Waals surface area (Å²) in [6, 6.07) is 26.2. The minimum Gasteiger partial charge on any atom is -0.272 e. The van der Waals surface area contributed by atoms with Gasteiger partial charge in [-0.05, 0) is 35.6 Å². The third kappa shape index (κ3) is 6.25. The van der Waals surface area contributed by atoms with Gasteiger partial charge in [-0.1, -0.05) is 105 Å². The lowest BCUT2D eigenvalue weighted by Gasteiger charge is -2.19. The third-order valence-electron chi connectivity index (χ3n) is 5.47. The lowest BCUT2D eigenvalue weighted by Crippen LogP contribution is -2.20. The van der Waals surface area contributed by atoms with E-state index in [-0.39, 0.29) is 17.1 Å². The number of nitrogens with one attached hydrogen (secondary N) is 1. The lowest BCUT2D eigenvalue weighted by atomic mass is 9.87. The van der Waals surface area contributed by atoms with Crippen molar-refractivity contribution in [3.05, 3.63) is 95.6 Å². The molecule has 0 atom stereocenters. The molecule has 4 aromatic rings. The second kappa shape index (κ2) is 10.7. The van der Waals surface area contributed by atoms with Crippen molar-refractivity contribution >= 4 is 23.9 Å². The molecule has 6 nitrogen and oxygen atoms in total. The number of aromatic nitrogens is 3. The fourth-order valence-electron chi connectivity index (χ4n) is 3.48. The molecule has 0 aliphatic rings. The van der Waals surface area contributed by atoms with Gasteiger partial charge in [0, 0.05) is 11.3 Å². The van der Waals surface area contributed by atoms with Crippen LogP contribution in [0, 0.1) is 6.92 Å². The molecule has 0 aliphatic carbocycles. The van der Waals surface area contributed by atoms with Crippen LogP contribution in [0.4, 0.5) is 0 Å². The zero-order valence-corrected chi connectivity index (χ0v) is 21.2. The van der Waals surface area contributed by atoms with Crippen LogP contribution in [0.2, 0.25) is 0 Å². The van der Waals surface area contributed by atoms with Gasteiger partial charge in [-0.2, -0.15) is 5.10 Å². The first-order chi connectivity index (χ1) is 16.8. The Bertz CT molecular complexity index is 1300. The Labute approximate surface area is 210 Å². The Morgan fingerprint density at radius 1 is 0.971 bits per heavy atom. The lowest BCUT2D eigenvalue weighted by molar-refractivity contribution is -0.118. The summed E-state index contributed by atoms with van der Waals surface area (Å²) in [7, 11) is 0. The highest BCUT2D eigenvalue weighted by Crippen LogP contribution is 2.30. The Balaban J connectivity index is 1.55. The number of nitrogens with zero attached hydrogens (tertiary/aromatic N) is 4. The van der Waals surface area contributed by atoms with Gasteiger partial charge in [0.05, 0.1) is 12.0 Å². The molecule has 1 aromatic heterocycles. The second-order valence-corrected chi connectivity index (χ2v) is 10.2. The van der Waals surface area contributed by atoms with Gasteiger partial charge in [-0.3, -0.25) is 9.36 Å². The van der Waals surface area contributed by atoms with Crippen molar-refractivity contribution in [2.75, 3.05) is 5.75 Å². The van der Waals surface area contributed by atoms with E-state index in [0.29, 0.717) is 5.16 Å².